The molecule has 0 radical (unpaired) electrons. The first-order valence-electron chi connectivity index (χ1n) is 7.98. The van der Waals surface area contributed by atoms with Crippen molar-refractivity contribution in [1.29, 1.82) is 0 Å². The van der Waals surface area contributed by atoms with Crippen molar-refractivity contribution in [1.82, 2.24) is 0 Å². The monoisotopic (exact) mass is 315 g/mol. The first kappa shape index (κ1) is 14.5. The van der Waals surface area contributed by atoms with Gasteiger partial charge in [-0.25, -0.2) is 4.79 Å². The van der Waals surface area contributed by atoms with E-state index in [0.717, 1.165) is 17.7 Å². The van der Waals surface area contributed by atoms with Crippen LogP contribution in [0.5, 0.6) is 0 Å². The second kappa shape index (κ2) is 6.20. The predicted molar refractivity (Wildman–Crippen MR) is 94.9 cm³/mol. The Morgan fingerprint density at radius 2 is 1.62 bits per heavy atom. The molecule has 0 aromatic heterocycles. The zero-order valence-electron chi connectivity index (χ0n) is 13.2. The maximum Gasteiger partial charge on any atom is 0.411 e. The lowest BCUT2D eigenvalue weighted by Gasteiger charge is -2.09. The second-order valence-electron chi connectivity index (χ2n) is 5.89. The molecule has 1 aliphatic rings. The molecule has 1 amide bonds. The summed E-state index contributed by atoms with van der Waals surface area (Å²) in [6.45, 7) is 0.267. The highest BCUT2D eigenvalue weighted by atomic mass is 16.5. The molecule has 0 saturated carbocycles. The number of carbonyl (C=O) groups excluding carboxylic acids is 1. The molecule has 3 aromatic carbocycles. The van der Waals surface area contributed by atoms with Gasteiger partial charge in [-0.3, -0.25) is 5.32 Å². The third kappa shape index (κ3) is 2.88. The Morgan fingerprint density at radius 3 is 2.50 bits per heavy atom. The van der Waals surface area contributed by atoms with Gasteiger partial charge in [0.05, 0.1) is 0 Å². The van der Waals surface area contributed by atoms with Gasteiger partial charge in [0.15, 0.2) is 0 Å². The fourth-order valence-corrected chi connectivity index (χ4v) is 3.10. The quantitative estimate of drug-likeness (QED) is 0.577. The number of hydrogen-bond donors (Lipinski definition) is 1. The van der Waals surface area contributed by atoms with Crippen molar-refractivity contribution >= 4 is 11.8 Å². The molecule has 0 spiro atoms. The molecule has 0 atom stereocenters. The van der Waals surface area contributed by atoms with Crippen LogP contribution in [0.4, 0.5) is 10.5 Å². The number of benzene rings is 3. The van der Waals surface area contributed by atoms with Crippen LogP contribution < -0.4 is 5.32 Å². The minimum atomic E-state index is -0.436. The highest BCUT2D eigenvalue weighted by Gasteiger charge is 2.18. The standard InChI is InChI=1S/C21H17NO2/c23-21(24-14-15-6-2-1-3-7-15)22-18-10-11-20-17(13-18)12-16-8-4-5-9-19(16)20/h1-11,13H,12,14H2,(H,22,23). The molecule has 0 heterocycles. The van der Waals surface area contributed by atoms with Crippen molar-refractivity contribution in [3.05, 3.63) is 89.5 Å². The van der Waals surface area contributed by atoms with E-state index in [9.17, 15) is 4.79 Å². The van der Waals surface area contributed by atoms with Gasteiger partial charge in [0, 0.05) is 5.69 Å². The van der Waals surface area contributed by atoms with E-state index in [1.54, 1.807) is 0 Å². The molecule has 4 rings (SSSR count). The smallest absolute Gasteiger partial charge is 0.411 e. The fourth-order valence-electron chi connectivity index (χ4n) is 3.10. The maximum atomic E-state index is 12.0. The number of nitrogens with one attached hydrogen (secondary N) is 1. The highest BCUT2D eigenvalue weighted by Crippen LogP contribution is 2.37. The number of carbonyl (C=O) groups is 1. The summed E-state index contributed by atoms with van der Waals surface area (Å²) in [7, 11) is 0. The van der Waals surface area contributed by atoms with Gasteiger partial charge in [0.2, 0.25) is 0 Å². The van der Waals surface area contributed by atoms with Gasteiger partial charge in [-0.2, -0.15) is 0 Å². The summed E-state index contributed by atoms with van der Waals surface area (Å²) in [5, 5.41) is 2.81. The predicted octanol–water partition coefficient (Wildman–Crippen LogP) is 5.01. The van der Waals surface area contributed by atoms with Gasteiger partial charge in [0.1, 0.15) is 6.61 Å². The Labute approximate surface area is 140 Å². The van der Waals surface area contributed by atoms with Crippen molar-refractivity contribution in [3.8, 4) is 11.1 Å². The van der Waals surface area contributed by atoms with Gasteiger partial charge in [-0.1, -0.05) is 60.7 Å². The minimum Gasteiger partial charge on any atom is -0.444 e. The summed E-state index contributed by atoms with van der Waals surface area (Å²) < 4.78 is 5.26. The van der Waals surface area contributed by atoms with E-state index < -0.39 is 6.09 Å². The van der Waals surface area contributed by atoms with E-state index in [1.165, 1.54) is 22.3 Å². The van der Waals surface area contributed by atoms with Crippen LogP contribution in [0.2, 0.25) is 0 Å². The number of hydrogen-bond acceptors (Lipinski definition) is 2. The Kier molecular flexibility index (Phi) is 3.75. The third-order valence-corrected chi connectivity index (χ3v) is 4.25. The SMILES string of the molecule is O=C(Nc1ccc2c(c1)Cc1ccccc1-2)OCc1ccccc1. The first-order chi connectivity index (χ1) is 11.8. The summed E-state index contributed by atoms with van der Waals surface area (Å²) in [6, 6.07) is 24.1. The van der Waals surface area contributed by atoms with Crippen molar-refractivity contribution < 1.29 is 9.53 Å². The van der Waals surface area contributed by atoms with Crippen LogP contribution in [0.15, 0.2) is 72.8 Å². The zero-order valence-corrected chi connectivity index (χ0v) is 13.2. The molecular formula is C21H17NO2. The van der Waals surface area contributed by atoms with Crippen molar-refractivity contribution in [3.63, 3.8) is 0 Å². The average molecular weight is 315 g/mol. The molecule has 1 aliphatic carbocycles. The van der Waals surface area contributed by atoms with Gasteiger partial charge >= 0.3 is 6.09 Å². The van der Waals surface area contributed by atoms with E-state index in [2.05, 4.69) is 35.6 Å². The number of rotatable bonds is 3. The molecule has 0 aliphatic heterocycles. The summed E-state index contributed by atoms with van der Waals surface area (Å²) in [4.78, 5) is 12.0. The summed E-state index contributed by atoms with van der Waals surface area (Å²) in [6.07, 6.45) is 0.467. The number of ether oxygens (including phenoxy) is 1. The molecule has 118 valence electrons. The average Bonchev–Trinajstić information content (AvgIpc) is 2.98. The molecule has 3 heteroatoms. The lowest BCUT2D eigenvalue weighted by molar-refractivity contribution is 0.155. The maximum absolute atomic E-state index is 12.0. The van der Waals surface area contributed by atoms with Gasteiger partial charge in [0.25, 0.3) is 0 Å². The van der Waals surface area contributed by atoms with E-state index in [1.807, 2.05) is 42.5 Å². The molecule has 3 nitrogen and oxygen atoms in total. The van der Waals surface area contributed by atoms with Crippen molar-refractivity contribution in [2.75, 3.05) is 5.32 Å². The molecule has 0 saturated heterocycles. The van der Waals surface area contributed by atoms with Crippen LogP contribution >= 0.6 is 0 Å². The zero-order chi connectivity index (χ0) is 16.4. The summed E-state index contributed by atoms with van der Waals surface area (Å²) in [5.74, 6) is 0. The van der Waals surface area contributed by atoms with Crippen LogP contribution in [0.3, 0.4) is 0 Å². The third-order valence-electron chi connectivity index (χ3n) is 4.25. The molecule has 3 aromatic rings. The number of fused-ring (bicyclic) bond motifs is 3. The van der Waals surface area contributed by atoms with Crippen LogP contribution in [-0.2, 0) is 17.8 Å². The summed E-state index contributed by atoms with van der Waals surface area (Å²) in [5.41, 5.74) is 6.82. The Hall–Kier alpha value is -3.07. The van der Waals surface area contributed by atoms with Crippen LogP contribution in [0.25, 0.3) is 11.1 Å². The van der Waals surface area contributed by atoms with Crippen LogP contribution in [0, 0.1) is 0 Å². The molecule has 0 unspecified atom stereocenters. The first-order valence-corrected chi connectivity index (χ1v) is 7.98. The van der Waals surface area contributed by atoms with Gasteiger partial charge in [-0.15, -0.1) is 0 Å². The molecular weight excluding hydrogens is 298 g/mol. The normalized spacial score (nSPS) is 11.5. The lowest BCUT2D eigenvalue weighted by atomic mass is 10.1. The molecule has 24 heavy (non-hydrogen) atoms. The van der Waals surface area contributed by atoms with Crippen molar-refractivity contribution in [2.24, 2.45) is 0 Å². The summed E-state index contributed by atoms with van der Waals surface area (Å²) >= 11 is 0. The van der Waals surface area contributed by atoms with Crippen molar-refractivity contribution in [2.45, 2.75) is 13.0 Å². The highest BCUT2D eigenvalue weighted by molar-refractivity contribution is 5.87. The Balaban J connectivity index is 1.43. The second-order valence-corrected chi connectivity index (χ2v) is 5.89. The van der Waals surface area contributed by atoms with Crippen LogP contribution in [-0.4, -0.2) is 6.09 Å². The fraction of sp³-hybridized carbons (Fsp3) is 0.0952. The van der Waals surface area contributed by atoms with E-state index in [-0.39, 0.29) is 6.61 Å². The minimum absolute atomic E-state index is 0.267. The van der Waals surface area contributed by atoms with E-state index >= 15 is 0 Å². The Bertz CT molecular complexity index is 887. The Morgan fingerprint density at radius 1 is 0.875 bits per heavy atom. The molecule has 1 N–H and O–H groups in total. The molecule has 0 fully saturated rings. The van der Waals surface area contributed by atoms with Crippen LogP contribution in [0.1, 0.15) is 16.7 Å². The van der Waals surface area contributed by atoms with E-state index in [4.69, 9.17) is 4.74 Å². The van der Waals surface area contributed by atoms with E-state index in [0.29, 0.717) is 0 Å². The topological polar surface area (TPSA) is 38.3 Å². The lowest BCUT2D eigenvalue weighted by Crippen LogP contribution is -2.13. The molecule has 0 bridgehead atoms. The van der Waals surface area contributed by atoms with Gasteiger partial charge < -0.3 is 4.74 Å². The largest absolute Gasteiger partial charge is 0.444 e. The number of amides is 1. The van der Waals surface area contributed by atoms with Gasteiger partial charge in [-0.05, 0) is 46.4 Å². The number of anilines is 1.